The van der Waals surface area contributed by atoms with Crippen LogP contribution < -0.4 is 10.0 Å². The van der Waals surface area contributed by atoms with Crippen LogP contribution in [0.4, 0.5) is 0 Å². The van der Waals surface area contributed by atoms with Crippen molar-refractivity contribution in [2.75, 3.05) is 26.7 Å². The summed E-state index contributed by atoms with van der Waals surface area (Å²) in [6, 6.07) is 16.7. The molecule has 2 N–H and O–H groups in total. The van der Waals surface area contributed by atoms with Crippen LogP contribution in [-0.4, -0.2) is 51.7 Å². The SMILES string of the molecule is CN(CCNC(=O)CN=C1NS(=O)(=O)c2ccccc21)Cc1ccccc1. The van der Waals surface area contributed by atoms with E-state index in [-0.39, 0.29) is 23.2 Å². The summed E-state index contributed by atoms with van der Waals surface area (Å²) < 4.78 is 26.4. The third kappa shape index (κ3) is 4.93. The zero-order chi connectivity index (χ0) is 19.3. The number of carbonyl (C=O) groups excluding carboxylic acids is 1. The molecule has 1 aliphatic heterocycles. The predicted octanol–water partition coefficient (Wildman–Crippen LogP) is 0.973. The molecule has 0 radical (unpaired) electrons. The van der Waals surface area contributed by atoms with Gasteiger partial charge in [-0.25, -0.2) is 8.42 Å². The Hall–Kier alpha value is -2.71. The third-order valence-corrected chi connectivity index (χ3v) is 5.55. The lowest BCUT2D eigenvalue weighted by Gasteiger charge is -2.16. The van der Waals surface area contributed by atoms with Gasteiger partial charge >= 0.3 is 0 Å². The van der Waals surface area contributed by atoms with Crippen LogP contribution in [0.2, 0.25) is 0 Å². The first-order valence-corrected chi connectivity index (χ1v) is 10.1. The molecule has 0 unspecified atom stereocenters. The minimum absolute atomic E-state index is 0.130. The van der Waals surface area contributed by atoms with Crippen LogP contribution in [0.5, 0.6) is 0 Å². The summed E-state index contributed by atoms with van der Waals surface area (Å²) in [5, 5.41) is 2.80. The number of likely N-dealkylation sites (N-methyl/N-ethyl adjacent to an activating group) is 1. The van der Waals surface area contributed by atoms with Crippen LogP contribution in [0.3, 0.4) is 0 Å². The molecule has 142 valence electrons. The predicted molar refractivity (Wildman–Crippen MR) is 104 cm³/mol. The van der Waals surface area contributed by atoms with Crippen LogP contribution in [0.1, 0.15) is 11.1 Å². The van der Waals surface area contributed by atoms with Crippen LogP contribution in [0.15, 0.2) is 64.5 Å². The smallest absolute Gasteiger partial charge is 0.263 e. The van der Waals surface area contributed by atoms with Gasteiger partial charge in [0.2, 0.25) is 5.91 Å². The molecule has 1 aliphatic rings. The number of amides is 1. The summed E-state index contributed by atoms with van der Waals surface area (Å²) >= 11 is 0. The molecule has 2 aromatic rings. The fourth-order valence-electron chi connectivity index (χ4n) is 2.82. The molecule has 8 heteroatoms. The van der Waals surface area contributed by atoms with Crippen molar-refractivity contribution in [2.45, 2.75) is 11.4 Å². The van der Waals surface area contributed by atoms with Gasteiger partial charge in [0.15, 0.2) is 0 Å². The first-order chi connectivity index (χ1) is 13.0. The molecule has 0 saturated carbocycles. The Kier molecular flexibility index (Phi) is 5.88. The molecule has 0 atom stereocenters. The minimum atomic E-state index is -3.58. The monoisotopic (exact) mass is 386 g/mol. The van der Waals surface area contributed by atoms with Gasteiger partial charge in [0.1, 0.15) is 12.4 Å². The van der Waals surface area contributed by atoms with Gasteiger partial charge in [-0.15, -0.1) is 0 Å². The number of hydrogen-bond donors (Lipinski definition) is 2. The Balaban J connectivity index is 1.47. The Morgan fingerprint density at radius 1 is 1.11 bits per heavy atom. The maximum absolute atomic E-state index is 12.0. The molecule has 0 bridgehead atoms. The molecular formula is C19H22N4O3S. The van der Waals surface area contributed by atoms with Gasteiger partial charge < -0.3 is 10.2 Å². The summed E-state index contributed by atoms with van der Waals surface area (Å²) in [6.45, 7) is 1.87. The van der Waals surface area contributed by atoms with E-state index in [9.17, 15) is 13.2 Å². The van der Waals surface area contributed by atoms with Gasteiger partial charge in [-0.2, -0.15) is 0 Å². The molecule has 0 aliphatic carbocycles. The van der Waals surface area contributed by atoms with Crippen molar-refractivity contribution in [1.29, 1.82) is 0 Å². The molecule has 3 rings (SSSR count). The summed E-state index contributed by atoms with van der Waals surface area (Å²) in [5.41, 5.74) is 1.71. The second kappa shape index (κ2) is 8.32. The van der Waals surface area contributed by atoms with E-state index in [1.165, 1.54) is 11.6 Å². The number of rotatable bonds is 7. The topological polar surface area (TPSA) is 90.9 Å². The summed E-state index contributed by atoms with van der Waals surface area (Å²) in [5.74, 6) is -0.0406. The summed E-state index contributed by atoms with van der Waals surface area (Å²) in [4.78, 5) is 18.4. The number of amidine groups is 1. The molecule has 0 fully saturated rings. The van der Waals surface area contributed by atoms with E-state index in [2.05, 4.69) is 32.1 Å². The average molecular weight is 386 g/mol. The lowest BCUT2D eigenvalue weighted by Crippen LogP contribution is -2.34. The van der Waals surface area contributed by atoms with E-state index in [0.29, 0.717) is 18.7 Å². The van der Waals surface area contributed by atoms with Gasteiger partial charge in [-0.05, 0) is 24.7 Å². The van der Waals surface area contributed by atoms with Crippen molar-refractivity contribution in [2.24, 2.45) is 4.99 Å². The number of benzene rings is 2. The molecule has 1 heterocycles. The van der Waals surface area contributed by atoms with Gasteiger partial charge in [0.25, 0.3) is 10.0 Å². The molecular weight excluding hydrogens is 364 g/mol. The van der Waals surface area contributed by atoms with Gasteiger partial charge in [0.05, 0.1) is 4.90 Å². The van der Waals surface area contributed by atoms with Gasteiger partial charge in [0, 0.05) is 25.2 Å². The van der Waals surface area contributed by atoms with Gasteiger partial charge in [-0.3, -0.25) is 14.5 Å². The summed E-state index contributed by atoms with van der Waals surface area (Å²) in [7, 11) is -1.59. The standard InChI is InChI=1S/C19H22N4O3S/c1-23(14-15-7-3-2-4-8-15)12-11-20-18(24)13-21-19-16-9-5-6-10-17(16)27(25,26)22-19/h2-10H,11-14H2,1H3,(H,20,24)(H,21,22). The van der Waals surface area contributed by atoms with Crippen molar-refractivity contribution in [3.63, 3.8) is 0 Å². The van der Waals surface area contributed by atoms with Crippen molar-refractivity contribution in [1.82, 2.24) is 14.9 Å². The number of nitrogens with zero attached hydrogens (tertiary/aromatic N) is 2. The van der Waals surface area contributed by atoms with Gasteiger partial charge in [-0.1, -0.05) is 42.5 Å². The maximum atomic E-state index is 12.0. The highest BCUT2D eigenvalue weighted by Gasteiger charge is 2.30. The molecule has 0 saturated heterocycles. The van der Waals surface area contributed by atoms with E-state index in [0.717, 1.165) is 6.54 Å². The normalized spacial score (nSPS) is 16.1. The first-order valence-electron chi connectivity index (χ1n) is 8.61. The van der Waals surface area contributed by atoms with Crippen LogP contribution in [0, 0.1) is 0 Å². The van der Waals surface area contributed by atoms with E-state index in [4.69, 9.17) is 0 Å². The quantitative estimate of drug-likeness (QED) is 0.742. The highest BCUT2D eigenvalue weighted by atomic mass is 32.2. The van der Waals surface area contributed by atoms with Crippen molar-refractivity contribution < 1.29 is 13.2 Å². The van der Waals surface area contributed by atoms with Crippen molar-refractivity contribution in [3.8, 4) is 0 Å². The largest absolute Gasteiger partial charge is 0.353 e. The lowest BCUT2D eigenvalue weighted by atomic mass is 10.2. The van der Waals surface area contributed by atoms with E-state index >= 15 is 0 Å². The highest BCUT2D eigenvalue weighted by molar-refractivity contribution is 7.90. The number of nitrogens with one attached hydrogen (secondary N) is 2. The Morgan fingerprint density at radius 3 is 2.59 bits per heavy atom. The fraction of sp³-hybridized carbons (Fsp3) is 0.263. The van der Waals surface area contributed by atoms with Crippen LogP contribution in [0.25, 0.3) is 0 Å². The molecule has 1 amide bonds. The summed E-state index contributed by atoms with van der Waals surface area (Å²) in [6.07, 6.45) is 0. The molecule has 7 nitrogen and oxygen atoms in total. The molecule has 0 spiro atoms. The van der Waals surface area contributed by atoms with Crippen LogP contribution in [-0.2, 0) is 21.4 Å². The van der Waals surface area contributed by atoms with E-state index in [1.807, 2.05) is 25.2 Å². The zero-order valence-corrected chi connectivity index (χ0v) is 15.9. The maximum Gasteiger partial charge on any atom is 0.263 e. The number of fused-ring (bicyclic) bond motifs is 1. The molecule has 27 heavy (non-hydrogen) atoms. The van der Waals surface area contributed by atoms with Crippen molar-refractivity contribution in [3.05, 3.63) is 65.7 Å². The Bertz CT molecular complexity index is 942. The highest BCUT2D eigenvalue weighted by Crippen LogP contribution is 2.21. The first kappa shape index (κ1) is 19.1. The molecule has 2 aromatic carbocycles. The second-order valence-corrected chi connectivity index (χ2v) is 7.99. The number of hydrogen-bond acceptors (Lipinski definition) is 5. The third-order valence-electron chi connectivity index (χ3n) is 4.15. The van der Waals surface area contributed by atoms with Crippen LogP contribution >= 0.6 is 0 Å². The minimum Gasteiger partial charge on any atom is -0.353 e. The fourth-order valence-corrected chi connectivity index (χ4v) is 4.07. The Morgan fingerprint density at radius 2 is 1.81 bits per heavy atom. The Labute approximate surface area is 159 Å². The second-order valence-electron chi connectivity index (χ2n) is 6.34. The number of carbonyl (C=O) groups is 1. The number of sulfonamides is 1. The van der Waals surface area contributed by atoms with E-state index < -0.39 is 10.0 Å². The number of aliphatic imine (C=N–C) groups is 1. The van der Waals surface area contributed by atoms with E-state index in [1.54, 1.807) is 18.2 Å². The average Bonchev–Trinajstić information content (AvgIpc) is 2.92. The van der Waals surface area contributed by atoms with Crippen molar-refractivity contribution >= 4 is 21.8 Å². The lowest BCUT2D eigenvalue weighted by molar-refractivity contribution is -0.119. The molecule has 0 aromatic heterocycles. The zero-order valence-electron chi connectivity index (χ0n) is 15.1.